The number of aromatic nitrogens is 2. The average molecular weight is 146 g/mol. The van der Waals surface area contributed by atoms with Crippen molar-refractivity contribution in [3.05, 3.63) is 12.4 Å². The first-order valence-electron chi connectivity index (χ1n) is 2.42. The SMILES string of the molecule is FNc1cncc(NF)n1. The second-order valence-corrected chi connectivity index (χ2v) is 1.48. The number of anilines is 2. The van der Waals surface area contributed by atoms with Gasteiger partial charge in [-0.3, -0.25) is 4.98 Å². The highest BCUT2D eigenvalue weighted by Gasteiger charge is 1.94. The molecule has 0 aliphatic rings. The Labute approximate surface area is 55.2 Å². The van der Waals surface area contributed by atoms with Gasteiger partial charge in [-0.2, -0.15) is 0 Å². The van der Waals surface area contributed by atoms with Crippen molar-refractivity contribution in [2.45, 2.75) is 0 Å². The molecule has 1 aromatic heterocycles. The third-order valence-electron chi connectivity index (χ3n) is 0.828. The molecule has 2 N–H and O–H groups in total. The maximum Gasteiger partial charge on any atom is 0.175 e. The summed E-state index contributed by atoms with van der Waals surface area (Å²) in [5, 5.41) is 0. The first kappa shape index (κ1) is 6.66. The van der Waals surface area contributed by atoms with Crippen LogP contribution in [0.4, 0.5) is 20.6 Å². The summed E-state index contributed by atoms with van der Waals surface area (Å²) in [6.07, 6.45) is 2.25. The van der Waals surface area contributed by atoms with E-state index >= 15 is 0 Å². The van der Waals surface area contributed by atoms with Crippen LogP contribution in [0.1, 0.15) is 0 Å². The van der Waals surface area contributed by atoms with E-state index in [-0.39, 0.29) is 11.6 Å². The molecule has 0 aromatic carbocycles. The zero-order valence-electron chi connectivity index (χ0n) is 4.81. The van der Waals surface area contributed by atoms with Crippen molar-refractivity contribution in [3.8, 4) is 0 Å². The molecule has 0 unspecified atom stereocenters. The molecule has 0 saturated heterocycles. The van der Waals surface area contributed by atoms with Gasteiger partial charge in [0.05, 0.1) is 12.4 Å². The Hall–Kier alpha value is -1.46. The molecule has 6 heteroatoms. The van der Waals surface area contributed by atoms with E-state index in [0.717, 1.165) is 12.4 Å². The van der Waals surface area contributed by atoms with Gasteiger partial charge in [0.2, 0.25) is 0 Å². The molecule has 0 radical (unpaired) electrons. The second-order valence-electron chi connectivity index (χ2n) is 1.48. The van der Waals surface area contributed by atoms with Crippen LogP contribution in [0.5, 0.6) is 0 Å². The van der Waals surface area contributed by atoms with E-state index in [0.29, 0.717) is 0 Å². The predicted molar refractivity (Wildman–Crippen MR) is 31.5 cm³/mol. The number of halogens is 2. The lowest BCUT2D eigenvalue weighted by Gasteiger charge is -1.95. The van der Waals surface area contributed by atoms with Crippen LogP contribution in [0.2, 0.25) is 0 Å². The monoisotopic (exact) mass is 146 g/mol. The molecule has 1 heterocycles. The number of nitrogens with zero attached hydrogens (tertiary/aromatic N) is 2. The molecule has 0 spiro atoms. The Morgan fingerprint density at radius 2 is 1.60 bits per heavy atom. The van der Waals surface area contributed by atoms with Crippen LogP contribution in [-0.2, 0) is 0 Å². The van der Waals surface area contributed by atoms with Gasteiger partial charge < -0.3 is 0 Å². The van der Waals surface area contributed by atoms with Gasteiger partial charge >= 0.3 is 0 Å². The standard InChI is InChI=1S/C4H4F2N4/c5-9-3-1-7-2-4(8-3)10-6/h1-2H,(H2,8,9,10). The third-order valence-corrected chi connectivity index (χ3v) is 0.828. The van der Waals surface area contributed by atoms with Crippen LogP contribution in [-0.4, -0.2) is 9.97 Å². The lowest BCUT2D eigenvalue weighted by atomic mass is 10.6. The fraction of sp³-hybridized carbons (Fsp3) is 0. The van der Waals surface area contributed by atoms with Gasteiger partial charge in [0, 0.05) is 0 Å². The molecular formula is C4H4F2N4. The predicted octanol–water partition coefficient (Wildman–Crippen LogP) is 1.07. The lowest BCUT2D eigenvalue weighted by molar-refractivity contribution is 0.599. The summed E-state index contributed by atoms with van der Waals surface area (Å²) >= 11 is 0. The molecular weight excluding hydrogens is 142 g/mol. The van der Waals surface area contributed by atoms with Crippen molar-refractivity contribution in [3.63, 3.8) is 0 Å². The molecule has 4 nitrogen and oxygen atoms in total. The van der Waals surface area contributed by atoms with Crippen molar-refractivity contribution in [1.29, 1.82) is 0 Å². The highest BCUT2D eigenvalue weighted by Crippen LogP contribution is 2.05. The minimum atomic E-state index is -0.136. The van der Waals surface area contributed by atoms with Crippen molar-refractivity contribution in [2.24, 2.45) is 0 Å². The fourth-order valence-corrected chi connectivity index (χ4v) is 0.457. The quantitative estimate of drug-likeness (QED) is 0.612. The Kier molecular flexibility index (Phi) is 1.93. The third kappa shape index (κ3) is 1.28. The minimum Gasteiger partial charge on any atom is -0.257 e. The van der Waals surface area contributed by atoms with Gasteiger partial charge in [-0.15, -0.1) is 8.96 Å². The minimum absolute atomic E-state index is 0.136. The Morgan fingerprint density at radius 1 is 1.10 bits per heavy atom. The summed E-state index contributed by atoms with van der Waals surface area (Å²) < 4.78 is 23.1. The van der Waals surface area contributed by atoms with Crippen LogP contribution >= 0.6 is 0 Å². The van der Waals surface area contributed by atoms with E-state index in [1.807, 2.05) is 0 Å². The number of rotatable bonds is 2. The van der Waals surface area contributed by atoms with Crippen molar-refractivity contribution in [1.82, 2.24) is 9.97 Å². The lowest BCUT2D eigenvalue weighted by Crippen LogP contribution is -1.92. The van der Waals surface area contributed by atoms with Crippen LogP contribution in [0.3, 0.4) is 0 Å². The summed E-state index contributed by atoms with van der Waals surface area (Å²) in [5.41, 5.74) is 2.44. The summed E-state index contributed by atoms with van der Waals surface area (Å²) in [4.78, 5) is 6.83. The van der Waals surface area contributed by atoms with E-state index in [4.69, 9.17) is 0 Å². The number of hydrogen-bond donors (Lipinski definition) is 2. The van der Waals surface area contributed by atoms with Crippen molar-refractivity contribution < 1.29 is 8.96 Å². The molecule has 1 rings (SSSR count). The van der Waals surface area contributed by atoms with Crippen molar-refractivity contribution in [2.75, 3.05) is 11.1 Å². The Balaban J connectivity index is 2.87. The van der Waals surface area contributed by atoms with E-state index < -0.39 is 0 Å². The fourth-order valence-electron chi connectivity index (χ4n) is 0.457. The zero-order valence-corrected chi connectivity index (χ0v) is 4.81. The Morgan fingerprint density at radius 3 is 2.00 bits per heavy atom. The largest absolute Gasteiger partial charge is 0.257 e. The maximum atomic E-state index is 11.5. The zero-order chi connectivity index (χ0) is 7.40. The van der Waals surface area contributed by atoms with Gasteiger partial charge in [0.25, 0.3) is 0 Å². The van der Waals surface area contributed by atoms with Gasteiger partial charge in [-0.1, -0.05) is 0 Å². The molecule has 54 valence electrons. The molecule has 1 aromatic rings. The Bertz CT molecular complexity index is 197. The van der Waals surface area contributed by atoms with E-state index in [2.05, 4.69) is 9.97 Å². The van der Waals surface area contributed by atoms with Crippen LogP contribution in [0, 0.1) is 0 Å². The molecule has 0 aliphatic heterocycles. The van der Waals surface area contributed by atoms with Crippen molar-refractivity contribution >= 4 is 11.6 Å². The summed E-state index contributed by atoms with van der Waals surface area (Å²) in [6.45, 7) is 0. The molecule has 0 bridgehead atoms. The van der Waals surface area contributed by atoms with E-state index in [9.17, 15) is 8.96 Å². The highest BCUT2D eigenvalue weighted by atomic mass is 19.2. The molecule has 0 saturated carbocycles. The topological polar surface area (TPSA) is 49.8 Å². The number of hydrogen-bond acceptors (Lipinski definition) is 4. The average Bonchev–Trinajstić information content (AvgIpc) is 2.05. The van der Waals surface area contributed by atoms with Crippen LogP contribution < -0.4 is 11.1 Å². The highest BCUT2D eigenvalue weighted by molar-refractivity contribution is 5.38. The molecule has 0 aliphatic carbocycles. The molecule has 0 amide bonds. The molecule has 0 atom stereocenters. The second kappa shape index (κ2) is 2.90. The maximum absolute atomic E-state index is 11.5. The van der Waals surface area contributed by atoms with E-state index in [1.54, 1.807) is 0 Å². The van der Waals surface area contributed by atoms with Crippen LogP contribution in [0.25, 0.3) is 0 Å². The van der Waals surface area contributed by atoms with Gasteiger partial charge in [-0.05, 0) is 0 Å². The summed E-state index contributed by atoms with van der Waals surface area (Å²) in [5.74, 6) is -0.273. The van der Waals surface area contributed by atoms with Gasteiger partial charge in [0.15, 0.2) is 11.6 Å². The molecule has 0 fully saturated rings. The first-order chi connectivity index (χ1) is 4.86. The summed E-state index contributed by atoms with van der Waals surface area (Å²) in [7, 11) is 0. The van der Waals surface area contributed by atoms with Gasteiger partial charge in [-0.25, -0.2) is 16.1 Å². The summed E-state index contributed by atoms with van der Waals surface area (Å²) in [6, 6.07) is 0. The normalized spacial score (nSPS) is 9.00. The smallest absolute Gasteiger partial charge is 0.175 e. The molecule has 10 heavy (non-hydrogen) atoms. The number of nitrogens with one attached hydrogen (secondary N) is 2. The first-order valence-corrected chi connectivity index (χ1v) is 2.42. The van der Waals surface area contributed by atoms with E-state index in [1.165, 1.54) is 11.1 Å². The van der Waals surface area contributed by atoms with Gasteiger partial charge in [0.1, 0.15) is 0 Å². The van der Waals surface area contributed by atoms with Crippen LogP contribution in [0.15, 0.2) is 12.4 Å².